The molecule has 1 aromatic carbocycles. The minimum atomic E-state index is 0.258. The van der Waals surface area contributed by atoms with Crippen molar-refractivity contribution in [1.82, 2.24) is 14.6 Å². The molecule has 24 heavy (non-hydrogen) atoms. The molecular formula is C17H18BClN4O. The molecule has 0 bridgehead atoms. The Balaban J connectivity index is 1.75. The lowest BCUT2D eigenvalue weighted by Crippen LogP contribution is -2.20. The molecule has 1 N–H and O–H groups in total. The van der Waals surface area contributed by atoms with Gasteiger partial charge in [-0.1, -0.05) is 29.8 Å². The van der Waals surface area contributed by atoms with E-state index >= 15 is 0 Å². The minimum absolute atomic E-state index is 0.258. The molecule has 1 aliphatic heterocycles. The van der Waals surface area contributed by atoms with Gasteiger partial charge < -0.3 is 10.1 Å². The molecule has 3 heterocycles. The Morgan fingerprint density at radius 3 is 3.04 bits per heavy atom. The highest BCUT2D eigenvalue weighted by Gasteiger charge is 2.17. The van der Waals surface area contributed by atoms with Gasteiger partial charge in [0, 0.05) is 36.0 Å². The van der Waals surface area contributed by atoms with Gasteiger partial charge in [-0.2, -0.15) is 9.61 Å². The second-order valence-electron chi connectivity index (χ2n) is 6.09. The van der Waals surface area contributed by atoms with Crippen LogP contribution in [0.25, 0.3) is 16.9 Å². The first-order valence-corrected chi connectivity index (χ1v) is 8.56. The number of fused-ring (bicyclic) bond motifs is 1. The standard InChI is InChI=1S/C17H18BClN4O/c18-13-10-21-23-16(20-9-11-4-3-7-24-11)8-15(22-17(13)23)12-5-1-2-6-14(12)19/h1-2,5-6,8,10-11,20H,3-4,7,9,18H2. The SMILES string of the molecule is Bc1cnn2c(NCC3CCCO3)cc(-c3ccccc3Cl)nc12. The number of aromatic nitrogens is 3. The van der Waals surface area contributed by atoms with Crippen LogP contribution >= 0.6 is 11.6 Å². The highest BCUT2D eigenvalue weighted by atomic mass is 35.5. The van der Waals surface area contributed by atoms with Crippen LogP contribution in [0, 0.1) is 0 Å². The zero-order valence-corrected chi connectivity index (χ0v) is 14.3. The quantitative estimate of drug-likeness (QED) is 0.737. The maximum atomic E-state index is 6.35. The highest BCUT2D eigenvalue weighted by molar-refractivity contribution is 6.36. The molecule has 3 aromatic rings. The molecule has 0 aliphatic carbocycles. The lowest BCUT2D eigenvalue weighted by Gasteiger charge is -2.14. The van der Waals surface area contributed by atoms with Gasteiger partial charge in [0.15, 0.2) is 5.65 Å². The third kappa shape index (κ3) is 2.87. The van der Waals surface area contributed by atoms with Gasteiger partial charge in [-0.25, -0.2) is 4.98 Å². The first-order valence-electron chi connectivity index (χ1n) is 8.18. The molecule has 4 rings (SSSR count). The Hall–Kier alpha value is -2.05. The number of halogens is 1. The van der Waals surface area contributed by atoms with Crippen LogP contribution in [0.1, 0.15) is 12.8 Å². The molecule has 2 aromatic heterocycles. The van der Waals surface area contributed by atoms with Gasteiger partial charge in [-0.05, 0) is 24.4 Å². The van der Waals surface area contributed by atoms with Crippen molar-refractivity contribution >= 4 is 36.4 Å². The Bertz CT molecular complexity index is 876. The lowest BCUT2D eigenvalue weighted by molar-refractivity contribution is 0.120. The molecule has 0 amide bonds. The molecule has 122 valence electrons. The molecule has 1 aliphatic rings. The van der Waals surface area contributed by atoms with Crippen LogP contribution in [-0.4, -0.2) is 41.7 Å². The van der Waals surface area contributed by atoms with Crippen LogP contribution in [0.4, 0.5) is 5.82 Å². The fraction of sp³-hybridized carbons (Fsp3) is 0.294. The first kappa shape index (κ1) is 15.5. The van der Waals surface area contributed by atoms with Gasteiger partial charge in [-0.15, -0.1) is 0 Å². The third-order valence-electron chi connectivity index (χ3n) is 4.33. The summed E-state index contributed by atoms with van der Waals surface area (Å²) in [5, 5.41) is 8.59. The Morgan fingerprint density at radius 2 is 2.25 bits per heavy atom. The number of benzene rings is 1. The summed E-state index contributed by atoms with van der Waals surface area (Å²) in [4.78, 5) is 4.75. The minimum Gasteiger partial charge on any atom is -0.376 e. The molecule has 0 saturated carbocycles. The zero-order chi connectivity index (χ0) is 16.5. The molecule has 1 unspecified atom stereocenters. The molecule has 0 spiro atoms. The number of nitrogens with one attached hydrogen (secondary N) is 1. The van der Waals surface area contributed by atoms with Gasteiger partial charge in [-0.3, -0.25) is 0 Å². The zero-order valence-electron chi connectivity index (χ0n) is 13.5. The summed E-state index contributed by atoms with van der Waals surface area (Å²) < 4.78 is 7.53. The summed E-state index contributed by atoms with van der Waals surface area (Å²) in [6, 6.07) is 9.75. The van der Waals surface area contributed by atoms with Gasteiger partial charge >= 0.3 is 0 Å². The number of hydrogen-bond acceptors (Lipinski definition) is 4. The molecule has 1 saturated heterocycles. The highest BCUT2D eigenvalue weighted by Crippen LogP contribution is 2.28. The van der Waals surface area contributed by atoms with E-state index in [2.05, 4.69) is 10.4 Å². The van der Waals surface area contributed by atoms with Gasteiger partial charge in [0.25, 0.3) is 0 Å². The van der Waals surface area contributed by atoms with E-state index in [0.717, 1.165) is 54.2 Å². The predicted molar refractivity (Wildman–Crippen MR) is 99.1 cm³/mol. The van der Waals surface area contributed by atoms with Gasteiger partial charge in [0.1, 0.15) is 13.7 Å². The van der Waals surface area contributed by atoms with Crippen molar-refractivity contribution in [2.45, 2.75) is 18.9 Å². The van der Waals surface area contributed by atoms with E-state index in [0.29, 0.717) is 5.02 Å². The molecular weight excluding hydrogens is 322 g/mol. The summed E-state index contributed by atoms with van der Waals surface area (Å²) >= 11 is 6.35. The van der Waals surface area contributed by atoms with E-state index in [1.54, 1.807) is 0 Å². The van der Waals surface area contributed by atoms with E-state index in [9.17, 15) is 0 Å². The monoisotopic (exact) mass is 340 g/mol. The number of ether oxygens (including phenoxy) is 1. The average molecular weight is 341 g/mol. The second kappa shape index (κ2) is 6.45. The molecule has 1 fully saturated rings. The van der Waals surface area contributed by atoms with Crippen molar-refractivity contribution in [2.75, 3.05) is 18.5 Å². The fourth-order valence-electron chi connectivity index (χ4n) is 3.03. The van der Waals surface area contributed by atoms with Crippen LogP contribution < -0.4 is 10.8 Å². The van der Waals surface area contributed by atoms with E-state index in [1.807, 2.05) is 48.9 Å². The summed E-state index contributed by atoms with van der Waals surface area (Å²) in [6.07, 6.45) is 4.31. The third-order valence-corrected chi connectivity index (χ3v) is 4.66. The van der Waals surface area contributed by atoms with Crippen LogP contribution in [0.5, 0.6) is 0 Å². The van der Waals surface area contributed by atoms with E-state index < -0.39 is 0 Å². The van der Waals surface area contributed by atoms with Gasteiger partial charge in [0.05, 0.1) is 11.8 Å². The van der Waals surface area contributed by atoms with Crippen LogP contribution in [0.3, 0.4) is 0 Å². The summed E-state index contributed by atoms with van der Waals surface area (Å²) in [6.45, 7) is 1.61. The van der Waals surface area contributed by atoms with Crippen molar-refractivity contribution < 1.29 is 4.74 Å². The number of hydrogen-bond donors (Lipinski definition) is 1. The fourth-order valence-corrected chi connectivity index (χ4v) is 3.26. The Kier molecular flexibility index (Phi) is 4.16. The Labute approximate surface area is 146 Å². The van der Waals surface area contributed by atoms with Gasteiger partial charge in [0.2, 0.25) is 0 Å². The molecule has 7 heteroatoms. The van der Waals surface area contributed by atoms with E-state index in [-0.39, 0.29) is 6.10 Å². The van der Waals surface area contributed by atoms with E-state index in [4.69, 9.17) is 21.3 Å². The smallest absolute Gasteiger partial charge is 0.151 e. The normalized spacial score (nSPS) is 17.5. The molecule has 0 radical (unpaired) electrons. The van der Waals surface area contributed by atoms with E-state index in [1.165, 1.54) is 0 Å². The number of nitrogens with zero attached hydrogens (tertiary/aromatic N) is 3. The number of anilines is 1. The van der Waals surface area contributed by atoms with Crippen LogP contribution in [0.15, 0.2) is 36.5 Å². The van der Waals surface area contributed by atoms with Crippen molar-refractivity contribution in [1.29, 1.82) is 0 Å². The predicted octanol–water partition coefficient (Wildman–Crippen LogP) is 1.90. The van der Waals surface area contributed by atoms with Crippen molar-refractivity contribution in [2.24, 2.45) is 0 Å². The summed E-state index contributed by atoms with van der Waals surface area (Å²) in [7, 11) is 2.01. The molecule has 5 nitrogen and oxygen atoms in total. The summed E-state index contributed by atoms with van der Waals surface area (Å²) in [5.74, 6) is 0.901. The largest absolute Gasteiger partial charge is 0.376 e. The second-order valence-corrected chi connectivity index (χ2v) is 6.49. The first-order chi connectivity index (χ1) is 11.7. The lowest BCUT2D eigenvalue weighted by atomic mass is 10.0. The summed E-state index contributed by atoms with van der Waals surface area (Å²) in [5.41, 5.74) is 3.63. The topological polar surface area (TPSA) is 51.5 Å². The molecule has 1 atom stereocenters. The average Bonchev–Trinajstić information content (AvgIpc) is 3.23. The van der Waals surface area contributed by atoms with Crippen molar-refractivity contribution in [3.8, 4) is 11.3 Å². The maximum Gasteiger partial charge on any atom is 0.151 e. The van der Waals surface area contributed by atoms with Crippen LogP contribution in [-0.2, 0) is 4.74 Å². The number of rotatable bonds is 4. The van der Waals surface area contributed by atoms with Crippen molar-refractivity contribution in [3.63, 3.8) is 0 Å². The van der Waals surface area contributed by atoms with Crippen molar-refractivity contribution in [3.05, 3.63) is 41.6 Å². The Morgan fingerprint density at radius 1 is 1.38 bits per heavy atom. The van der Waals surface area contributed by atoms with Crippen LogP contribution in [0.2, 0.25) is 5.02 Å². The maximum absolute atomic E-state index is 6.35.